The van der Waals surface area contributed by atoms with Crippen LogP contribution < -0.4 is 10.6 Å². The molecular weight excluding hydrogens is 264 g/mol. The molecule has 0 aromatic carbocycles. The van der Waals surface area contributed by atoms with Crippen LogP contribution in [0.5, 0.6) is 0 Å². The van der Waals surface area contributed by atoms with E-state index in [2.05, 4.69) is 21.7 Å². The summed E-state index contributed by atoms with van der Waals surface area (Å²) < 4.78 is 0. The SMILES string of the molecule is C[C@H]1CN(CCCO)CCN1c1cc(N)c(Cl)cn1. The average molecular weight is 285 g/mol. The molecule has 5 nitrogen and oxygen atoms in total. The van der Waals surface area contributed by atoms with Gasteiger partial charge in [0.05, 0.1) is 10.7 Å². The molecule has 106 valence electrons. The van der Waals surface area contributed by atoms with Gasteiger partial charge in [-0.05, 0) is 13.3 Å². The second-order valence-corrected chi connectivity index (χ2v) is 5.39. The Morgan fingerprint density at radius 3 is 2.95 bits per heavy atom. The lowest BCUT2D eigenvalue weighted by atomic mass is 10.1. The van der Waals surface area contributed by atoms with E-state index in [1.807, 2.05) is 6.07 Å². The van der Waals surface area contributed by atoms with Gasteiger partial charge in [-0.25, -0.2) is 4.98 Å². The number of pyridine rings is 1. The molecule has 1 fully saturated rings. The van der Waals surface area contributed by atoms with Crippen molar-refractivity contribution in [2.75, 3.05) is 43.4 Å². The van der Waals surface area contributed by atoms with Crippen molar-refractivity contribution in [2.24, 2.45) is 0 Å². The molecule has 6 heteroatoms. The van der Waals surface area contributed by atoms with Crippen LogP contribution in [0.2, 0.25) is 5.02 Å². The second-order valence-electron chi connectivity index (χ2n) is 4.98. The maximum absolute atomic E-state index is 8.88. The quantitative estimate of drug-likeness (QED) is 0.870. The van der Waals surface area contributed by atoms with Crippen molar-refractivity contribution in [1.29, 1.82) is 0 Å². The van der Waals surface area contributed by atoms with E-state index in [1.165, 1.54) is 0 Å². The normalized spacial score (nSPS) is 20.8. The molecule has 2 heterocycles. The van der Waals surface area contributed by atoms with Gasteiger partial charge in [0, 0.05) is 51.1 Å². The molecule has 0 saturated carbocycles. The number of hydrogen-bond donors (Lipinski definition) is 2. The molecule has 0 aliphatic carbocycles. The lowest BCUT2D eigenvalue weighted by molar-refractivity contribution is 0.198. The summed E-state index contributed by atoms with van der Waals surface area (Å²) >= 11 is 5.90. The molecule has 1 aliphatic rings. The summed E-state index contributed by atoms with van der Waals surface area (Å²) in [7, 11) is 0. The van der Waals surface area contributed by atoms with Crippen LogP contribution in [-0.4, -0.2) is 53.8 Å². The zero-order chi connectivity index (χ0) is 13.8. The zero-order valence-corrected chi connectivity index (χ0v) is 12.0. The molecule has 0 amide bonds. The number of piperazine rings is 1. The predicted octanol–water partition coefficient (Wildman–Crippen LogP) is 1.21. The summed E-state index contributed by atoms with van der Waals surface area (Å²) in [6.07, 6.45) is 2.44. The molecule has 1 aromatic rings. The highest BCUT2D eigenvalue weighted by atomic mass is 35.5. The van der Waals surface area contributed by atoms with E-state index in [0.29, 0.717) is 16.8 Å². The molecule has 2 rings (SSSR count). The standard InChI is InChI=1S/C13H21ClN4O/c1-10-9-17(3-2-6-19)4-5-18(10)13-7-12(15)11(14)8-16-13/h7-8,10,19H,2-6,9H2,1H3,(H2,15,16)/t10-/m0/s1. The lowest BCUT2D eigenvalue weighted by Gasteiger charge is -2.40. The fraction of sp³-hybridized carbons (Fsp3) is 0.615. The van der Waals surface area contributed by atoms with E-state index >= 15 is 0 Å². The van der Waals surface area contributed by atoms with Gasteiger partial charge in [0.25, 0.3) is 0 Å². The Hall–Kier alpha value is -1.04. The number of aliphatic hydroxyl groups excluding tert-OH is 1. The molecule has 19 heavy (non-hydrogen) atoms. The van der Waals surface area contributed by atoms with Crippen LogP contribution in [0.15, 0.2) is 12.3 Å². The minimum atomic E-state index is 0.254. The van der Waals surface area contributed by atoms with E-state index in [4.69, 9.17) is 22.4 Å². The third kappa shape index (κ3) is 3.49. The monoisotopic (exact) mass is 284 g/mol. The molecule has 1 atom stereocenters. The highest BCUT2D eigenvalue weighted by molar-refractivity contribution is 6.32. The van der Waals surface area contributed by atoms with Crippen molar-refractivity contribution in [1.82, 2.24) is 9.88 Å². The average Bonchev–Trinajstić information content (AvgIpc) is 2.40. The molecule has 0 radical (unpaired) electrons. The van der Waals surface area contributed by atoms with E-state index in [0.717, 1.165) is 38.4 Å². The highest BCUT2D eigenvalue weighted by Gasteiger charge is 2.24. The van der Waals surface area contributed by atoms with Crippen molar-refractivity contribution < 1.29 is 5.11 Å². The number of rotatable bonds is 4. The Bertz CT molecular complexity index is 429. The largest absolute Gasteiger partial charge is 0.397 e. The molecular formula is C13H21ClN4O. The summed E-state index contributed by atoms with van der Waals surface area (Å²) in [6.45, 7) is 6.26. The first-order valence-corrected chi connectivity index (χ1v) is 7.00. The van der Waals surface area contributed by atoms with Crippen molar-refractivity contribution in [2.45, 2.75) is 19.4 Å². The lowest BCUT2D eigenvalue weighted by Crippen LogP contribution is -2.52. The maximum atomic E-state index is 8.88. The van der Waals surface area contributed by atoms with Gasteiger partial charge < -0.3 is 15.7 Å². The topological polar surface area (TPSA) is 65.6 Å². The van der Waals surface area contributed by atoms with Crippen LogP contribution in [0.25, 0.3) is 0 Å². The molecule has 1 aliphatic heterocycles. The van der Waals surface area contributed by atoms with Gasteiger partial charge in [-0.15, -0.1) is 0 Å². The molecule has 3 N–H and O–H groups in total. The van der Waals surface area contributed by atoms with Gasteiger partial charge in [0.15, 0.2) is 0 Å². The minimum absolute atomic E-state index is 0.254. The Kier molecular flexibility index (Phi) is 4.85. The fourth-order valence-corrected chi connectivity index (χ4v) is 2.57. The number of halogens is 1. The van der Waals surface area contributed by atoms with E-state index in [1.54, 1.807) is 6.20 Å². The van der Waals surface area contributed by atoms with Gasteiger partial charge in [0.1, 0.15) is 5.82 Å². The first kappa shape index (κ1) is 14.4. The van der Waals surface area contributed by atoms with Crippen LogP contribution in [0.1, 0.15) is 13.3 Å². The fourth-order valence-electron chi connectivity index (χ4n) is 2.47. The van der Waals surface area contributed by atoms with Crippen LogP contribution in [0.4, 0.5) is 11.5 Å². The number of nitrogens with zero attached hydrogens (tertiary/aromatic N) is 3. The Labute approximate surface area is 119 Å². The molecule has 1 saturated heterocycles. The third-order valence-electron chi connectivity index (χ3n) is 3.51. The Balaban J connectivity index is 2.01. The predicted molar refractivity (Wildman–Crippen MR) is 78.6 cm³/mol. The smallest absolute Gasteiger partial charge is 0.130 e. The number of hydrogen-bond acceptors (Lipinski definition) is 5. The van der Waals surface area contributed by atoms with Gasteiger partial charge in [-0.2, -0.15) is 0 Å². The molecule has 0 spiro atoms. The van der Waals surface area contributed by atoms with Crippen molar-refractivity contribution >= 4 is 23.1 Å². The Morgan fingerprint density at radius 1 is 1.53 bits per heavy atom. The molecule has 0 bridgehead atoms. The Morgan fingerprint density at radius 2 is 2.32 bits per heavy atom. The van der Waals surface area contributed by atoms with Gasteiger partial charge in [-0.1, -0.05) is 11.6 Å². The van der Waals surface area contributed by atoms with Crippen LogP contribution in [0.3, 0.4) is 0 Å². The first-order valence-electron chi connectivity index (χ1n) is 6.62. The first-order chi connectivity index (χ1) is 9.11. The van der Waals surface area contributed by atoms with Gasteiger partial charge in [0.2, 0.25) is 0 Å². The van der Waals surface area contributed by atoms with Crippen molar-refractivity contribution in [3.05, 3.63) is 17.3 Å². The molecule has 0 unspecified atom stereocenters. The summed E-state index contributed by atoms with van der Waals surface area (Å²) in [5.41, 5.74) is 6.40. The van der Waals surface area contributed by atoms with E-state index in [9.17, 15) is 0 Å². The zero-order valence-electron chi connectivity index (χ0n) is 11.2. The number of anilines is 2. The summed E-state index contributed by atoms with van der Waals surface area (Å²) in [6, 6.07) is 2.21. The van der Waals surface area contributed by atoms with Crippen molar-refractivity contribution in [3.63, 3.8) is 0 Å². The van der Waals surface area contributed by atoms with E-state index in [-0.39, 0.29) is 6.61 Å². The van der Waals surface area contributed by atoms with Gasteiger partial charge >= 0.3 is 0 Å². The maximum Gasteiger partial charge on any atom is 0.130 e. The summed E-state index contributed by atoms with van der Waals surface area (Å²) in [5, 5.41) is 9.37. The molecule has 1 aromatic heterocycles. The third-order valence-corrected chi connectivity index (χ3v) is 3.82. The summed E-state index contributed by atoms with van der Waals surface area (Å²) in [4.78, 5) is 8.98. The highest BCUT2D eigenvalue weighted by Crippen LogP contribution is 2.24. The number of nitrogen functional groups attached to an aromatic ring is 1. The number of nitrogens with two attached hydrogens (primary N) is 1. The van der Waals surface area contributed by atoms with Gasteiger partial charge in [-0.3, -0.25) is 4.90 Å². The number of aromatic nitrogens is 1. The minimum Gasteiger partial charge on any atom is -0.397 e. The summed E-state index contributed by atoms with van der Waals surface area (Å²) in [5.74, 6) is 0.885. The van der Waals surface area contributed by atoms with Crippen LogP contribution in [-0.2, 0) is 0 Å². The van der Waals surface area contributed by atoms with E-state index < -0.39 is 0 Å². The number of aliphatic hydroxyl groups is 1. The van der Waals surface area contributed by atoms with Crippen LogP contribution in [0, 0.1) is 0 Å². The second kappa shape index (κ2) is 6.41. The van der Waals surface area contributed by atoms with Crippen molar-refractivity contribution in [3.8, 4) is 0 Å². The van der Waals surface area contributed by atoms with Crippen LogP contribution >= 0.6 is 11.6 Å².